The van der Waals surface area contributed by atoms with E-state index in [0.717, 1.165) is 16.9 Å². The molecule has 28 heavy (non-hydrogen) atoms. The number of rotatable bonds is 5. The van der Waals surface area contributed by atoms with Gasteiger partial charge in [-0.25, -0.2) is 9.48 Å². The molecule has 3 aromatic rings. The second-order valence-electron chi connectivity index (χ2n) is 6.22. The smallest absolute Gasteiger partial charge is 0.411 e. The summed E-state index contributed by atoms with van der Waals surface area (Å²) in [6, 6.07) is 14.8. The molecule has 0 saturated heterocycles. The lowest BCUT2D eigenvalue weighted by Crippen LogP contribution is -2.16. The van der Waals surface area contributed by atoms with Crippen molar-refractivity contribution in [3.8, 4) is 5.69 Å². The van der Waals surface area contributed by atoms with Crippen LogP contribution >= 0.6 is 0 Å². The average Bonchev–Trinajstić information content (AvgIpc) is 3.04. The fourth-order valence-corrected chi connectivity index (χ4v) is 2.78. The molecule has 1 heterocycles. The Labute approximate surface area is 163 Å². The van der Waals surface area contributed by atoms with E-state index in [0.29, 0.717) is 16.9 Å². The Morgan fingerprint density at radius 3 is 2.54 bits per heavy atom. The van der Waals surface area contributed by atoms with Crippen molar-refractivity contribution < 1.29 is 14.3 Å². The zero-order valence-electron chi connectivity index (χ0n) is 16.0. The van der Waals surface area contributed by atoms with E-state index in [2.05, 4.69) is 15.7 Å². The number of aromatic nitrogens is 2. The van der Waals surface area contributed by atoms with Gasteiger partial charge in [0.05, 0.1) is 29.9 Å². The SMILES string of the molecule is CCOC(=O)Nc1ccc(C)c(C(=O)Nc2cnn(-c3ccccc3)c2C)c1. The first-order chi connectivity index (χ1) is 13.5. The highest BCUT2D eigenvalue weighted by Gasteiger charge is 2.15. The Bertz CT molecular complexity index is 996. The number of hydrogen-bond acceptors (Lipinski definition) is 4. The number of amides is 2. The van der Waals surface area contributed by atoms with Crippen LogP contribution < -0.4 is 10.6 Å². The summed E-state index contributed by atoms with van der Waals surface area (Å²) in [6.07, 6.45) is 1.06. The molecule has 0 aliphatic heterocycles. The highest BCUT2D eigenvalue weighted by atomic mass is 16.5. The summed E-state index contributed by atoms with van der Waals surface area (Å²) in [4.78, 5) is 24.4. The van der Waals surface area contributed by atoms with Gasteiger partial charge >= 0.3 is 6.09 Å². The van der Waals surface area contributed by atoms with Crippen molar-refractivity contribution in [2.45, 2.75) is 20.8 Å². The first kappa shape index (κ1) is 19.2. The number of carbonyl (C=O) groups is 2. The second-order valence-corrected chi connectivity index (χ2v) is 6.22. The number of anilines is 2. The lowest BCUT2D eigenvalue weighted by atomic mass is 10.1. The first-order valence-corrected chi connectivity index (χ1v) is 8.95. The van der Waals surface area contributed by atoms with Crippen LogP contribution in [0.15, 0.2) is 54.7 Å². The predicted octanol–water partition coefficient (Wildman–Crippen LogP) is 4.31. The van der Waals surface area contributed by atoms with E-state index < -0.39 is 6.09 Å². The van der Waals surface area contributed by atoms with Gasteiger partial charge < -0.3 is 10.1 Å². The minimum Gasteiger partial charge on any atom is -0.450 e. The third-order valence-electron chi connectivity index (χ3n) is 4.26. The van der Waals surface area contributed by atoms with Gasteiger partial charge in [-0.3, -0.25) is 10.1 Å². The van der Waals surface area contributed by atoms with E-state index in [4.69, 9.17) is 4.74 Å². The standard InChI is InChI=1S/C21H22N4O3/c1-4-28-21(27)23-16-11-10-14(2)18(12-16)20(26)24-19-13-22-25(15(19)3)17-8-6-5-7-9-17/h5-13H,4H2,1-3H3,(H,23,27)(H,24,26). The summed E-state index contributed by atoms with van der Waals surface area (Å²) >= 11 is 0. The number of carbonyl (C=O) groups excluding carboxylic acids is 2. The predicted molar refractivity (Wildman–Crippen MR) is 108 cm³/mol. The van der Waals surface area contributed by atoms with Crippen LogP contribution in [-0.4, -0.2) is 28.4 Å². The maximum Gasteiger partial charge on any atom is 0.411 e. The van der Waals surface area contributed by atoms with Crippen molar-refractivity contribution >= 4 is 23.4 Å². The van der Waals surface area contributed by atoms with E-state index in [1.54, 1.807) is 36.0 Å². The van der Waals surface area contributed by atoms with Crippen LogP contribution in [0.1, 0.15) is 28.5 Å². The Kier molecular flexibility index (Phi) is 5.74. The van der Waals surface area contributed by atoms with E-state index in [1.807, 2.05) is 44.2 Å². The van der Waals surface area contributed by atoms with E-state index in [-0.39, 0.29) is 12.5 Å². The van der Waals surface area contributed by atoms with Gasteiger partial charge in [-0.15, -0.1) is 0 Å². The Morgan fingerprint density at radius 2 is 1.82 bits per heavy atom. The number of para-hydroxylation sites is 1. The summed E-state index contributed by atoms with van der Waals surface area (Å²) in [5.41, 5.74) is 4.10. The van der Waals surface area contributed by atoms with Crippen molar-refractivity contribution in [1.82, 2.24) is 9.78 Å². The number of aryl methyl sites for hydroxylation is 1. The molecule has 0 radical (unpaired) electrons. The fourth-order valence-electron chi connectivity index (χ4n) is 2.78. The zero-order chi connectivity index (χ0) is 20.1. The molecule has 2 aromatic carbocycles. The Morgan fingerprint density at radius 1 is 1.07 bits per heavy atom. The van der Waals surface area contributed by atoms with Gasteiger partial charge in [0.1, 0.15) is 0 Å². The average molecular weight is 378 g/mol. The van der Waals surface area contributed by atoms with E-state index >= 15 is 0 Å². The van der Waals surface area contributed by atoms with Gasteiger partial charge in [-0.05, 0) is 50.6 Å². The van der Waals surface area contributed by atoms with Crippen molar-refractivity contribution in [3.05, 3.63) is 71.5 Å². The van der Waals surface area contributed by atoms with Crippen LogP contribution in [0, 0.1) is 13.8 Å². The number of benzene rings is 2. The normalized spacial score (nSPS) is 10.4. The highest BCUT2D eigenvalue weighted by molar-refractivity contribution is 6.06. The molecule has 0 bridgehead atoms. The van der Waals surface area contributed by atoms with E-state index in [9.17, 15) is 9.59 Å². The number of hydrogen-bond donors (Lipinski definition) is 2. The molecule has 2 amide bonds. The van der Waals surface area contributed by atoms with Gasteiger partial charge in [-0.1, -0.05) is 24.3 Å². The molecule has 144 valence electrons. The molecule has 0 atom stereocenters. The van der Waals surface area contributed by atoms with Gasteiger partial charge in [0.2, 0.25) is 0 Å². The molecule has 0 saturated carbocycles. The number of ether oxygens (including phenoxy) is 1. The fraction of sp³-hybridized carbons (Fsp3) is 0.190. The molecule has 0 aliphatic rings. The molecule has 7 nitrogen and oxygen atoms in total. The zero-order valence-corrected chi connectivity index (χ0v) is 16.0. The van der Waals surface area contributed by atoms with Gasteiger partial charge in [0.15, 0.2) is 0 Å². The summed E-state index contributed by atoms with van der Waals surface area (Å²) in [5, 5.41) is 9.87. The molecule has 0 spiro atoms. The van der Waals surface area contributed by atoms with Crippen LogP contribution in [0.4, 0.5) is 16.2 Å². The Hall–Kier alpha value is -3.61. The summed E-state index contributed by atoms with van der Waals surface area (Å²) in [5.74, 6) is -0.277. The topological polar surface area (TPSA) is 85.2 Å². The van der Waals surface area contributed by atoms with Crippen LogP contribution in [0.3, 0.4) is 0 Å². The lowest BCUT2D eigenvalue weighted by molar-refractivity contribution is 0.102. The Balaban J connectivity index is 1.80. The summed E-state index contributed by atoms with van der Waals surface area (Å²) in [7, 11) is 0. The maximum absolute atomic E-state index is 12.8. The molecule has 7 heteroatoms. The van der Waals surface area contributed by atoms with Crippen molar-refractivity contribution in [1.29, 1.82) is 0 Å². The third-order valence-corrected chi connectivity index (χ3v) is 4.26. The van der Waals surface area contributed by atoms with Crippen molar-refractivity contribution in [2.24, 2.45) is 0 Å². The van der Waals surface area contributed by atoms with Crippen LogP contribution in [0.5, 0.6) is 0 Å². The van der Waals surface area contributed by atoms with Crippen LogP contribution in [0.2, 0.25) is 0 Å². The van der Waals surface area contributed by atoms with Crippen LogP contribution in [-0.2, 0) is 4.74 Å². The molecule has 0 unspecified atom stereocenters. The quantitative estimate of drug-likeness (QED) is 0.693. The molecule has 2 N–H and O–H groups in total. The minimum absolute atomic E-state index is 0.274. The summed E-state index contributed by atoms with van der Waals surface area (Å²) < 4.78 is 6.64. The molecule has 0 aliphatic carbocycles. The summed E-state index contributed by atoms with van der Waals surface area (Å²) in [6.45, 7) is 5.73. The maximum atomic E-state index is 12.8. The molecule has 1 aromatic heterocycles. The third kappa shape index (κ3) is 4.20. The van der Waals surface area contributed by atoms with Gasteiger partial charge in [0, 0.05) is 11.3 Å². The monoisotopic (exact) mass is 378 g/mol. The highest BCUT2D eigenvalue weighted by Crippen LogP contribution is 2.21. The number of nitrogens with one attached hydrogen (secondary N) is 2. The molecule has 3 rings (SSSR count). The van der Waals surface area contributed by atoms with E-state index in [1.165, 1.54) is 0 Å². The van der Waals surface area contributed by atoms with Crippen LogP contribution in [0.25, 0.3) is 5.69 Å². The second kappa shape index (κ2) is 8.39. The molecular formula is C21H22N4O3. The number of nitrogens with zero attached hydrogens (tertiary/aromatic N) is 2. The minimum atomic E-state index is -0.558. The molecular weight excluding hydrogens is 356 g/mol. The van der Waals surface area contributed by atoms with Crippen molar-refractivity contribution in [3.63, 3.8) is 0 Å². The van der Waals surface area contributed by atoms with Gasteiger partial charge in [0.25, 0.3) is 5.91 Å². The lowest BCUT2D eigenvalue weighted by Gasteiger charge is -2.11. The van der Waals surface area contributed by atoms with Crippen molar-refractivity contribution in [2.75, 3.05) is 17.2 Å². The molecule has 0 fully saturated rings. The largest absolute Gasteiger partial charge is 0.450 e. The van der Waals surface area contributed by atoms with Gasteiger partial charge in [-0.2, -0.15) is 5.10 Å². The first-order valence-electron chi connectivity index (χ1n) is 8.95.